The van der Waals surface area contributed by atoms with E-state index < -0.39 is 0 Å². The second-order valence-electron chi connectivity index (χ2n) is 1.88. The summed E-state index contributed by atoms with van der Waals surface area (Å²) in [5, 5.41) is 1.93. The molecule has 50 valence electrons. The molecular formula is C6H4N2OS. The highest BCUT2D eigenvalue weighted by molar-refractivity contribution is 7.16. The van der Waals surface area contributed by atoms with E-state index in [0.29, 0.717) is 12.1 Å². The number of imidazole rings is 1. The third-order valence-electron chi connectivity index (χ3n) is 1.24. The standard InChI is InChI=1S/C6H4N2OS/c9-3-5-7-4-1-2-10-6(4)8-5/h1-3H,(H,7,8). The van der Waals surface area contributed by atoms with Gasteiger partial charge >= 0.3 is 0 Å². The maximum absolute atomic E-state index is 10.2. The number of rotatable bonds is 1. The maximum atomic E-state index is 10.2. The van der Waals surface area contributed by atoms with E-state index in [0.717, 1.165) is 10.3 Å². The summed E-state index contributed by atoms with van der Waals surface area (Å²) < 4.78 is 0. The van der Waals surface area contributed by atoms with E-state index in [4.69, 9.17) is 0 Å². The lowest BCUT2D eigenvalue weighted by atomic mass is 10.6. The third-order valence-corrected chi connectivity index (χ3v) is 2.05. The number of carbonyl (C=O) groups is 1. The van der Waals surface area contributed by atoms with Crippen LogP contribution >= 0.6 is 11.3 Å². The fourth-order valence-electron chi connectivity index (χ4n) is 0.814. The summed E-state index contributed by atoms with van der Waals surface area (Å²) in [5.41, 5.74) is 0.937. The van der Waals surface area contributed by atoms with Crippen molar-refractivity contribution in [1.82, 2.24) is 9.97 Å². The molecule has 0 aliphatic heterocycles. The highest BCUT2D eigenvalue weighted by atomic mass is 32.1. The van der Waals surface area contributed by atoms with Crippen LogP contribution in [0.3, 0.4) is 0 Å². The zero-order valence-electron chi connectivity index (χ0n) is 5.00. The highest BCUT2D eigenvalue weighted by Crippen LogP contribution is 2.16. The molecule has 2 aromatic rings. The average molecular weight is 152 g/mol. The van der Waals surface area contributed by atoms with Gasteiger partial charge < -0.3 is 4.98 Å². The Morgan fingerprint density at radius 1 is 1.70 bits per heavy atom. The fraction of sp³-hybridized carbons (Fsp3) is 0. The Labute approximate surface area is 60.7 Å². The van der Waals surface area contributed by atoms with Crippen molar-refractivity contribution in [1.29, 1.82) is 0 Å². The topological polar surface area (TPSA) is 45.8 Å². The van der Waals surface area contributed by atoms with Gasteiger partial charge in [0.2, 0.25) is 0 Å². The summed E-state index contributed by atoms with van der Waals surface area (Å²) in [6.45, 7) is 0. The number of hydrogen-bond donors (Lipinski definition) is 1. The second-order valence-corrected chi connectivity index (χ2v) is 2.77. The molecule has 0 unspecified atom stereocenters. The molecule has 4 heteroatoms. The normalized spacial score (nSPS) is 10.4. The van der Waals surface area contributed by atoms with Gasteiger partial charge in [-0.1, -0.05) is 0 Å². The third kappa shape index (κ3) is 0.657. The van der Waals surface area contributed by atoms with Crippen molar-refractivity contribution in [2.45, 2.75) is 0 Å². The number of hydrogen-bond acceptors (Lipinski definition) is 3. The summed E-state index contributed by atoms with van der Waals surface area (Å²) >= 11 is 1.52. The van der Waals surface area contributed by atoms with Gasteiger partial charge in [0.1, 0.15) is 4.83 Å². The molecular weight excluding hydrogens is 148 g/mol. The van der Waals surface area contributed by atoms with Gasteiger partial charge in [-0.25, -0.2) is 4.98 Å². The Bertz CT molecular complexity index is 334. The molecule has 2 aromatic heterocycles. The Hall–Kier alpha value is -1.16. The number of aldehydes is 1. The van der Waals surface area contributed by atoms with E-state index in [-0.39, 0.29) is 0 Å². The molecule has 0 amide bonds. The Morgan fingerprint density at radius 2 is 2.60 bits per heavy atom. The molecule has 0 bridgehead atoms. The predicted octanol–water partition coefficient (Wildman–Crippen LogP) is 1.44. The lowest BCUT2D eigenvalue weighted by Gasteiger charge is -1.72. The van der Waals surface area contributed by atoms with Crippen LogP contribution < -0.4 is 0 Å². The summed E-state index contributed by atoms with van der Waals surface area (Å²) in [6, 6.07) is 1.90. The molecule has 0 fully saturated rings. The molecule has 0 saturated carbocycles. The van der Waals surface area contributed by atoms with Crippen LogP contribution in [0.15, 0.2) is 11.4 Å². The van der Waals surface area contributed by atoms with Crippen LogP contribution in [0.2, 0.25) is 0 Å². The van der Waals surface area contributed by atoms with E-state index in [1.807, 2.05) is 11.4 Å². The first-order chi connectivity index (χ1) is 4.90. The monoisotopic (exact) mass is 152 g/mol. The predicted molar refractivity (Wildman–Crippen MR) is 39.4 cm³/mol. The number of nitrogens with one attached hydrogen (secondary N) is 1. The fourth-order valence-corrected chi connectivity index (χ4v) is 1.54. The lowest BCUT2D eigenvalue weighted by Crippen LogP contribution is -1.79. The van der Waals surface area contributed by atoms with E-state index in [1.54, 1.807) is 0 Å². The SMILES string of the molecule is O=Cc1nc2sccc2[nH]1. The van der Waals surface area contributed by atoms with E-state index >= 15 is 0 Å². The molecule has 0 aliphatic carbocycles. The number of H-pyrrole nitrogens is 1. The molecule has 0 aromatic carbocycles. The van der Waals surface area contributed by atoms with Crippen molar-refractivity contribution in [2.24, 2.45) is 0 Å². The first-order valence-corrected chi connectivity index (χ1v) is 3.66. The van der Waals surface area contributed by atoms with Gasteiger partial charge in [-0.05, 0) is 11.4 Å². The van der Waals surface area contributed by atoms with Crippen LogP contribution in [0, 0.1) is 0 Å². The average Bonchev–Trinajstić information content (AvgIpc) is 2.42. The van der Waals surface area contributed by atoms with Gasteiger partial charge in [-0.2, -0.15) is 0 Å². The van der Waals surface area contributed by atoms with Crippen molar-refractivity contribution in [3.05, 3.63) is 17.3 Å². The number of thiophene rings is 1. The highest BCUT2D eigenvalue weighted by Gasteiger charge is 2.00. The zero-order chi connectivity index (χ0) is 6.97. The van der Waals surface area contributed by atoms with Crippen LogP contribution in [0.25, 0.3) is 10.3 Å². The molecule has 3 nitrogen and oxygen atoms in total. The van der Waals surface area contributed by atoms with Gasteiger partial charge in [0.05, 0.1) is 5.52 Å². The Kier molecular flexibility index (Phi) is 1.07. The first-order valence-electron chi connectivity index (χ1n) is 2.78. The van der Waals surface area contributed by atoms with E-state index in [9.17, 15) is 4.79 Å². The molecule has 1 N–H and O–H groups in total. The van der Waals surface area contributed by atoms with Crippen molar-refractivity contribution < 1.29 is 4.79 Å². The summed E-state index contributed by atoms with van der Waals surface area (Å²) in [5.74, 6) is 0.404. The van der Waals surface area contributed by atoms with Crippen LogP contribution in [0.5, 0.6) is 0 Å². The Balaban J connectivity index is 2.78. The summed E-state index contributed by atoms with van der Waals surface area (Å²) in [6.07, 6.45) is 0.715. The minimum absolute atomic E-state index is 0.404. The van der Waals surface area contributed by atoms with Crippen LogP contribution in [-0.4, -0.2) is 16.3 Å². The van der Waals surface area contributed by atoms with Crippen LogP contribution in [-0.2, 0) is 0 Å². The molecule has 0 spiro atoms. The Morgan fingerprint density at radius 3 is 3.30 bits per heavy atom. The number of nitrogens with zero attached hydrogens (tertiary/aromatic N) is 1. The van der Waals surface area contributed by atoms with Crippen molar-refractivity contribution in [3.8, 4) is 0 Å². The summed E-state index contributed by atoms with van der Waals surface area (Å²) in [4.78, 5) is 17.9. The molecule has 10 heavy (non-hydrogen) atoms. The van der Waals surface area contributed by atoms with Crippen molar-refractivity contribution in [3.63, 3.8) is 0 Å². The van der Waals surface area contributed by atoms with Crippen LogP contribution in [0.4, 0.5) is 0 Å². The van der Waals surface area contributed by atoms with Gasteiger partial charge in [0.25, 0.3) is 0 Å². The van der Waals surface area contributed by atoms with E-state index in [1.165, 1.54) is 11.3 Å². The minimum atomic E-state index is 0.404. The quantitative estimate of drug-likeness (QED) is 0.628. The van der Waals surface area contributed by atoms with Gasteiger partial charge in [0.15, 0.2) is 12.1 Å². The smallest absolute Gasteiger partial charge is 0.185 e. The minimum Gasteiger partial charge on any atom is -0.335 e. The number of carbonyl (C=O) groups excluding carboxylic acids is 1. The largest absolute Gasteiger partial charge is 0.335 e. The zero-order valence-corrected chi connectivity index (χ0v) is 5.81. The molecule has 2 rings (SSSR count). The number of aromatic amines is 1. The van der Waals surface area contributed by atoms with Gasteiger partial charge in [-0.3, -0.25) is 4.79 Å². The lowest BCUT2D eigenvalue weighted by molar-refractivity contribution is 0.111. The molecule has 0 saturated heterocycles. The molecule has 0 radical (unpaired) electrons. The number of aromatic nitrogens is 2. The van der Waals surface area contributed by atoms with Crippen LogP contribution in [0.1, 0.15) is 10.6 Å². The van der Waals surface area contributed by atoms with E-state index in [2.05, 4.69) is 9.97 Å². The molecule has 0 aliphatic rings. The maximum Gasteiger partial charge on any atom is 0.185 e. The van der Waals surface area contributed by atoms with Crippen molar-refractivity contribution >= 4 is 28.0 Å². The van der Waals surface area contributed by atoms with Gasteiger partial charge in [-0.15, -0.1) is 11.3 Å². The second kappa shape index (κ2) is 1.91. The number of fused-ring (bicyclic) bond motifs is 1. The molecule has 2 heterocycles. The first kappa shape index (κ1) is 5.61. The molecule has 0 atom stereocenters. The van der Waals surface area contributed by atoms with Crippen molar-refractivity contribution in [2.75, 3.05) is 0 Å². The summed E-state index contributed by atoms with van der Waals surface area (Å²) in [7, 11) is 0. The van der Waals surface area contributed by atoms with Gasteiger partial charge in [0, 0.05) is 0 Å².